The molecule has 0 saturated carbocycles. The third-order valence-corrected chi connectivity index (χ3v) is 3.41. The number of hydrogen-bond donors (Lipinski definition) is 1. The lowest BCUT2D eigenvalue weighted by molar-refractivity contribution is 0.0603. The number of aromatic amines is 1. The molecule has 1 fully saturated rings. The first-order valence-corrected chi connectivity index (χ1v) is 6.10. The van der Waals surface area contributed by atoms with E-state index in [-0.39, 0.29) is 5.97 Å². The van der Waals surface area contributed by atoms with Crippen molar-refractivity contribution in [3.63, 3.8) is 0 Å². The Labute approximate surface area is 105 Å². The van der Waals surface area contributed by atoms with Crippen LogP contribution in [0.5, 0.6) is 0 Å². The quantitative estimate of drug-likeness (QED) is 0.821. The molecule has 1 saturated heterocycles. The van der Waals surface area contributed by atoms with Gasteiger partial charge in [0.15, 0.2) is 0 Å². The average molecular weight is 245 g/mol. The zero-order valence-corrected chi connectivity index (χ0v) is 10.3. The minimum absolute atomic E-state index is 0.328. The Morgan fingerprint density at radius 1 is 1.39 bits per heavy atom. The molecule has 0 aliphatic carbocycles. The van der Waals surface area contributed by atoms with E-state index in [1.54, 1.807) is 6.20 Å². The van der Waals surface area contributed by atoms with Crippen LogP contribution in [0.4, 0.5) is 5.69 Å². The molecule has 1 aliphatic rings. The van der Waals surface area contributed by atoms with E-state index in [0.717, 1.165) is 29.7 Å². The number of carbonyl (C=O) groups excluding carboxylic acids is 1. The maximum atomic E-state index is 11.8. The summed E-state index contributed by atoms with van der Waals surface area (Å²) in [6.07, 6.45) is 4.15. The second kappa shape index (κ2) is 4.33. The summed E-state index contributed by atoms with van der Waals surface area (Å²) < 4.78 is 4.83. The van der Waals surface area contributed by atoms with Crippen molar-refractivity contribution in [2.45, 2.75) is 12.8 Å². The van der Waals surface area contributed by atoms with Gasteiger partial charge in [-0.25, -0.2) is 4.79 Å². The van der Waals surface area contributed by atoms with Crippen LogP contribution in [0.1, 0.15) is 23.2 Å². The van der Waals surface area contributed by atoms with Crippen LogP contribution in [0, 0.1) is 0 Å². The van der Waals surface area contributed by atoms with Gasteiger partial charge in [-0.2, -0.15) is 5.10 Å². The normalized spacial score (nSPS) is 15.3. The molecule has 0 unspecified atom stereocenters. The van der Waals surface area contributed by atoms with Gasteiger partial charge in [-0.05, 0) is 25.0 Å². The zero-order valence-electron chi connectivity index (χ0n) is 10.3. The van der Waals surface area contributed by atoms with E-state index in [9.17, 15) is 4.79 Å². The number of methoxy groups -OCH3 is 1. The Morgan fingerprint density at radius 2 is 2.17 bits per heavy atom. The predicted octanol–water partition coefficient (Wildman–Crippen LogP) is 1.95. The first-order chi connectivity index (χ1) is 8.79. The molecule has 1 aromatic carbocycles. The lowest BCUT2D eigenvalue weighted by atomic mass is 10.1. The number of anilines is 1. The molecule has 1 N–H and O–H groups in total. The van der Waals surface area contributed by atoms with Gasteiger partial charge in [-0.15, -0.1) is 0 Å². The van der Waals surface area contributed by atoms with Crippen LogP contribution in [0.25, 0.3) is 10.9 Å². The molecule has 0 amide bonds. The van der Waals surface area contributed by atoms with E-state index in [1.807, 2.05) is 6.07 Å². The molecule has 2 heterocycles. The molecule has 3 rings (SSSR count). The molecular weight excluding hydrogens is 230 g/mol. The van der Waals surface area contributed by atoms with Crippen molar-refractivity contribution in [2.24, 2.45) is 0 Å². The predicted molar refractivity (Wildman–Crippen MR) is 68.9 cm³/mol. The summed E-state index contributed by atoms with van der Waals surface area (Å²) in [5.74, 6) is -0.328. The van der Waals surface area contributed by atoms with Crippen LogP contribution < -0.4 is 4.90 Å². The number of fused-ring (bicyclic) bond motifs is 1. The molecule has 94 valence electrons. The topological polar surface area (TPSA) is 58.2 Å². The smallest absolute Gasteiger partial charge is 0.340 e. The first kappa shape index (κ1) is 11.1. The van der Waals surface area contributed by atoms with Gasteiger partial charge >= 0.3 is 5.97 Å². The molecule has 0 spiro atoms. The minimum atomic E-state index is -0.328. The Hall–Kier alpha value is -2.04. The van der Waals surface area contributed by atoms with Gasteiger partial charge in [0.1, 0.15) is 0 Å². The van der Waals surface area contributed by atoms with Crippen LogP contribution in [0.2, 0.25) is 0 Å². The van der Waals surface area contributed by atoms with Crippen molar-refractivity contribution in [2.75, 3.05) is 25.1 Å². The second-order valence-electron chi connectivity index (χ2n) is 4.51. The van der Waals surface area contributed by atoms with Gasteiger partial charge in [0, 0.05) is 24.2 Å². The molecule has 5 nitrogen and oxygen atoms in total. The van der Waals surface area contributed by atoms with Gasteiger partial charge in [0.2, 0.25) is 0 Å². The number of benzene rings is 1. The monoisotopic (exact) mass is 245 g/mol. The largest absolute Gasteiger partial charge is 0.465 e. The summed E-state index contributed by atoms with van der Waals surface area (Å²) >= 11 is 0. The number of nitrogens with one attached hydrogen (secondary N) is 1. The maximum Gasteiger partial charge on any atom is 0.340 e. The number of H-pyrrole nitrogens is 1. The number of carbonyl (C=O) groups is 1. The second-order valence-corrected chi connectivity index (χ2v) is 4.51. The van der Waals surface area contributed by atoms with Crippen LogP contribution >= 0.6 is 0 Å². The molecule has 0 bridgehead atoms. The Balaban J connectivity index is 2.13. The molecular formula is C13H15N3O2. The highest BCUT2D eigenvalue weighted by Gasteiger charge is 2.18. The van der Waals surface area contributed by atoms with E-state index >= 15 is 0 Å². The minimum Gasteiger partial charge on any atom is -0.465 e. The standard InChI is InChI=1S/C13H15N3O2/c1-18-13(17)11-7-10(16-4-2-3-5-16)6-9-8-14-15-12(9)11/h6-8H,2-5H2,1H3,(H,14,15). The van der Waals surface area contributed by atoms with Crippen LogP contribution in [0.3, 0.4) is 0 Å². The Bertz CT molecular complexity index is 585. The summed E-state index contributed by atoms with van der Waals surface area (Å²) in [4.78, 5) is 14.1. The molecule has 1 aromatic heterocycles. The van der Waals surface area contributed by atoms with Gasteiger partial charge < -0.3 is 9.64 Å². The zero-order chi connectivity index (χ0) is 12.5. The Morgan fingerprint density at radius 3 is 2.89 bits per heavy atom. The van der Waals surface area contributed by atoms with Gasteiger partial charge in [-0.1, -0.05) is 0 Å². The van der Waals surface area contributed by atoms with E-state index in [0.29, 0.717) is 5.56 Å². The highest BCUT2D eigenvalue weighted by atomic mass is 16.5. The van der Waals surface area contributed by atoms with Crippen molar-refractivity contribution in [1.29, 1.82) is 0 Å². The fourth-order valence-electron chi connectivity index (χ4n) is 2.47. The highest BCUT2D eigenvalue weighted by molar-refractivity contribution is 6.04. The number of aromatic nitrogens is 2. The van der Waals surface area contributed by atoms with Gasteiger partial charge in [-0.3, -0.25) is 5.10 Å². The fourth-order valence-corrected chi connectivity index (χ4v) is 2.47. The summed E-state index contributed by atoms with van der Waals surface area (Å²) in [5.41, 5.74) is 2.36. The lowest BCUT2D eigenvalue weighted by Gasteiger charge is -2.18. The van der Waals surface area contributed by atoms with E-state index in [2.05, 4.69) is 21.2 Å². The van der Waals surface area contributed by atoms with Crippen molar-refractivity contribution in [3.05, 3.63) is 23.9 Å². The molecule has 2 aromatic rings. The molecule has 0 radical (unpaired) electrons. The molecule has 1 aliphatic heterocycles. The molecule has 5 heteroatoms. The van der Waals surface area contributed by atoms with Gasteiger partial charge in [0.05, 0.1) is 24.4 Å². The van der Waals surface area contributed by atoms with Crippen LogP contribution in [-0.2, 0) is 4.74 Å². The maximum absolute atomic E-state index is 11.8. The third kappa shape index (κ3) is 1.72. The average Bonchev–Trinajstić information content (AvgIpc) is 3.06. The number of nitrogens with zero attached hydrogens (tertiary/aromatic N) is 2. The van der Waals surface area contributed by atoms with Crippen LogP contribution in [0.15, 0.2) is 18.3 Å². The SMILES string of the molecule is COC(=O)c1cc(N2CCCC2)cc2cn[nH]c12. The van der Waals surface area contributed by atoms with Gasteiger partial charge in [0.25, 0.3) is 0 Å². The lowest BCUT2D eigenvalue weighted by Crippen LogP contribution is -2.18. The van der Waals surface area contributed by atoms with Crippen LogP contribution in [-0.4, -0.2) is 36.4 Å². The van der Waals surface area contributed by atoms with E-state index < -0.39 is 0 Å². The highest BCUT2D eigenvalue weighted by Crippen LogP contribution is 2.27. The number of rotatable bonds is 2. The van der Waals surface area contributed by atoms with Crippen molar-refractivity contribution >= 4 is 22.6 Å². The van der Waals surface area contributed by atoms with E-state index in [4.69, 9.17) is 4.74 Å². The summed E-state index contributed by atoms with van der Waals surface area (Å²) in [7, 11) is 1.40. The molecule has 18 heavy (non-hydrogen) atoms. The summed E-state index contributed by atoms with van der Waals surface area (Å²) in [5, 5.41) is 7.79. The van der Waals surface area contributed by atoms with E-state index in [1.165, 1.54) is 20.0 Å². The van der Waals surface area contributed by atoms with Crippen molar-refractivity contribution < 1.29 is 9.53 Å². The van der Waals surface area contributed by atoms with Crippen molar-refractivity contribution in [1.82, 2.24) is 10.2 Å². The molecule has 0 atom stereocenters. The number of ether oxygens (including phenoxy) is 1. The first-order valence-electron chi connectivity index (χ1n) is 6.10. The Kier molecular flexibility index (Phi) is 2.66. The number of esters is 1. The summed E-state index contributed by atoms with van der Waals surface area (Å²) in [6, 6.07) is 3.95. The fraction of sp³-hybridized carbons (Fsp3) is 0.385. The number of hydrogen-bond acceptors (Lipinski definition) is 4. The van der Waals surface area contributed by atoms with Crippen molar-refractivity contribution in [3.8, 4) is 0 Å². The third-order valence-electron chi connectivity index (χ3n) is 3.41. The summed E-state index contributed by atoms with van der Waals surface area (Å²) in [6.45, 7) is 2.09.